The van der Waals surface area contributed by atoms with Crippen molar-refractivity contribution in [2.45, 2.75) is 37.1 Å². The van der Waals surface area contributed by atoms with Crippen LogP contribution >= 0.6 is 0 Å². The minimum atomic E-state index is -3.66. The summed E-state index contributed by atoms with van der Waals surface area (Å²) < 4.78 is 33.2. The summed E-state index contributed by atoms with van der Waals surface area (Å²) in [5.74, 6) is 0.647. The second kappa shape index (κ2) is 4.37. The van der Waals surface area contributed by atoms with Crippen molar-refractivity contribution in [1.29, 1.82) is 0 Å². The van der Waals surface area contributed by atoms with Gasteiger partial charge < -0.3 is 4.52 Å². The topological polar surface area (TPSA) is 90.0 Å². The van der Waals surface area contributed by atoms with E-state index in [1.807, 2.05) is 6.92 Å². The second-order valence-electron chi connectivity index (χ2n) is 4.53. The van der Waals surface area contributed by atoms with Crippen LogP contribution in [0.25, 0.3) is 0 Å². The van der Waals surface area contributed by atoms with Gasteiger partial charge in [0.15, 0.2) is 5.82 Å². The predicted octanol–water partition coefficient (Wildman–Crippen LogP) is 1.57. The van der Waals surface area contributed by atoms with Crippen LogP contribution in [-0.2, 0) is 16.6 Å². The maximum Gasteiger partial charge on any atom is 0.266 e. The largest absolute Gasteiger partial charge is 0.362 e. The third-order valence-corrected chi connectivity index (χ3v) is 4.38. The molecule has 0 amide bonds. The van der Waals surface area contributed by atoms with Crippen molar-refractivity contribution >= 4 is 15.8 Å². The molecule has 0 unspecified atom stereocenters. The quantitative estimate of drug-likeness (QED) is 0.899. The molecule has 1 aliphatic carbocycles. The number of anilines is 1. The Hall–Kier alpha value is -1.83. The van der Waals surface area contributed by atoms with Crippen LogP contribution in [0.4, 0.5) is 5.82 Å². The average molecular weight is 282 g/mol. The molecule has 0 aromatic carbocycles. The van der Waals surface area contributed by atoms with Crippen molar-refractivity contribution in [3.05, 3.63) is 24.2 Å². The fraction of sp³-hybridized carbons (Fsp3) is 0.455. The lowest BCUT2D eigenvalue weighted by Gasteiger charge is -2.03. The lowest BCUT2D eigenvalue weighted by atomic mass is 10.2. The molecule has 0 bridgehead atoms. The number of hydrogen-bond donors (Lipinski definition) is 1. The molecule has 1 aliphatic rings. The molecule has 2 aromatic rings. The predicted molar refractivity (Wildman–Crippen MR) is 67.2 cm³/mol. The van der Waals surface area contributed by atoms with E-state index < -0.39 is 10.0 Å². The smallest absolute Gasteiger partial charge is 0.266 e. The number of aryl methyl sites for hydroxylation is 1. The highest BCUT2D eigenvalue weighted by molar-refractivity contribution is 7.92. The summed E-state index contributed by atoms with van der Waals surface area (Å²) in [5.41, 5.74) is 0.825. The molecule has 19 heavy (non-hydrogen) atoms. The zero-order chi connectivity index (χ0) is 13.5. The zero-order valence-electron chi connectivity index (χ0n) is 10.4. The van der Waals surface area contributed by atoms with Gasteiger partial charge in [0, 0.05) is 18.3 Å². The molecule has 0 aliphatic heterocycles. The summed E-state index contributed by atoms with van der Waals surface area (Å²) in [7, 11) is -3.66. The second-order valence-corrected chi connectivity index (χ2v) is 6.21. The Morgan fingerprint density at radius 3 is 2.95 bits per heavy atom. The molecule has 0 spiro atoms. The van der Waals surface area contributed by atoms with Gasteiger partial charge >= 0.3 is 0 Å². The third-order valence-electron chi connectivity index (χ3n) is 3.09. The van der Waals surface area contributed by atoms with Crippen LogP contribution in [0.5, 0.6) is 0 Å². The molecular weight excluding hydrogens is 268 g/mol. The van der Waals surface area contributed by atoms with Crippen molar-refractivity contribution in [1.82, 2.24) is 14.9 Å². The van der Waals surface area contributed by atoms with Crippen molar-refractivity contribution in [2.75, 3.05) is 4.72 Å². The molecule has 0 radical (unpaired) electrons. The Balaban J connectivity index is 1.86. The number of aromatic nitrogens is 3. The highest BCUT2D eigenvalue weighted by atomic mass is 32.2. The Labute approximate surface area is 110 Å². The Morgan fingerprint density at radius 2 is 2.32 bits per heavy atom. The molecule has 0 atom stereocenters. The summed E-state index contributed by atoms with van der Waals surface area (Å²) in [5, 5.41) is 7.68. The van der Waals surface area contributed by atoms with Crippen LogP contribution < -0.4 is 4.72 Å². The van der Waals surface area contributed by atoms with Crippen LogP contribution in [0, 0.1) is 0 Å². The van der Waals surface area contributed by atoms with E-state index in [1.165, 1.54) is 18.7 Å². The Morgan fingerprint density at radius 1 is 1.53 bits per heavy atom. The van der Waals surface area contributed by atoms with Crippen molar-refractivity contribution in [3.8, 4) is 0 Å². The molecular formula is C11H14N4O3S. The van der Waals surface area contributed by atoms with E-state index in [-0.39, 0.29) is 10.7 Å². The van der Waals surface area contributed by atoms with Gasteiger partial charge in [0.1, 0.15) is 11.2 Å². The minimum Gasteiger partial charge on any atom is -0.362 e. The molecule has 2 aromatic heterocycles. The van der Waals surface area contributed by atoms with Gasteiger partial charge in [0.25, 0.3) is 10.0 Å². The van der Waals surface area contributed by atoms with Gasteiger partial charge in [-0.05, 0) is 25.7 Å². The van der Waals surface area contributed by atoms with Crippen LogP contribution in [0.1, 0.15) is 31.2 Å². The molecule has 1 fully saturated rings. The number of sulfonamides is 1. The van der Waals surface area contributed by atoms with Gasteiger partial charge in [-0.2, -0.15) is 5.10 Å². The number of nitrogens with zero attached hydrogens (tertiary/aromatic N) is 3. The van der Waals surface area contributed by atoms with Crippen LogP contribution in [0.15, 0.2) is 28.1 Å². The van der Waals surface area contributed by atoms with Gasteiger partial charge in [-0.1, -0.05) is 5.16 Å². The fourth-order valence-electron chi connectivity index (χ4n) is 1.85. The van der Waals surface area contributed by atoms with Gasteiger partial charge in [-0.25, -0.2) is 8.42 Å². The van der Waals surface area contributed by atoms with E-state index in [9.17, 15) is 8.42 Å². The van der Waals surface area contributed by atoms with Crippen molar-refractivity contribution in [3.63, 3.8) is 0 Å². The molecule has 3 rings (SSSR count). The van der Waals surface area contributed by atoms with E-state index in [0.717, 1.165) is 18.4 Å². The summed E-state index contributed by atoms with van der Waals surface area (Å²) in [6.45, 7) is 2.51. The average Bonchev–Trinajstić information content (AvgIpc) is 2.92. The zero-order valence-corrected chi connectivity index (χ0v) is 11.2. The van der Waals surface area contributed by atoms with Gasteiger partial charge in [0.05, 0.1) is 6.20 Å². The number of rotatable bonds is 5. The standard InChI is InChI=1S/C11H14N4O3S/c1-2-15-6-9(5-12-15)19(16,17)14-11-10(7-18-13-11)8-3-4-8/h5-8H,2-4H2,1H3,(H,13,14). The van der Waals surface area contributed by atoms with Crippen molar-refractivity contribution in [2.24, 2.45) is 0 Å². The Bertz CT molecular complexity index is 684. The third kappa shape index (κ3) is 2.35. The number of hydrogen-bond acceptors (Lipinski definition) is 5. The fourth-order valence-corrected chi connectivity index (χ4v) is 2.82. The molecule has 8 heteroatoms. The van der Waals surface area contributed by atoms with E-state index in [0.29, 0.717) is 12.5 Å². The first kappa shape index (κ1) is 12.2. The first-order valence-electron chi connectivity index (χ1n) is 6.09. The first-order valence-corrected chi connectivity index (χ1v) is 7.58. The summed E-state index contributed by atoms with van der Waals surface area (Å²) in [4.78, 5) is 0.124. The molecule has 2 heterocycles. The minimum absolute atomic E-state index is 0.124. The van der Waals surface area contributed by atoms with Crippen molar-refractivity contribution < 1.29 is 12.9 Å². The van der Waals surface area contributed by atoms with Gasteiger partial charge in [-0.3, -0.25) is 9.40 Å². The van der Waals surface area contributed by atoms with Gasteiger partial charge in [-0.15, -0.1) is 0 Å². The first-order chi connectivity index (χ1) is 9.10. The van der Waals surface area contributed by atoms with Crippen LogP contribution in [-0.4, -0.2) is 23.4 Å². The van der Waals surface area contributed by atoms with E-state index >= 15 is 0 Å². The summed E-state index contributed by atoms with van der Waals surface area (Å²) >= 11 is 0. The normalized spacial score (nSPS) is 15.6. The molecule has 7 nitrogen and oxygen atoms in total. The van der Waals surface area contributed by atoms with E-state index in [2.05, 4.69) is 15.0 Å². The SMILES string of the molecule is CCn1cc(S(=O)(=O)Nc2nocc2C2CC2)cn1. The monoisotopic (exact) mass is 282 g/mol. The van der Waals surface area contributed by atoms with E-state index in [1.54, 1.807) is 4.68 Å². The molecule has 0 saturated heterocycles. The lowest BCUT2D eigenvalue weighted by molar-refractivity contribution is 0.422. The molecule has 102 valence electrons. The summed E-state index contributed by atoms with van der Waals surface area (Å²) in [6.07, 6.45) is 6.40. The highest BCUT2D eigenvalue weighted by Gasteiger charge is 2.30. The molecule has 1 saturated carbocycles. The van der Waals surface area contributed by atoms with Crippen LogP contribution in [0.3, 0.4) is 0 Å². The number of nitrogens with one attached hydrogen (secondary N) is 1. The highest BCUT2D eigenvalue weighted by Crippen LogP contribution is 2.43. The van der Waals surface area contributed by atoms with E-state index in [4.69, 9.17) is 4.52 Å². The van der Waals surface area contributed by atoms with Gasteiger partial charge in [0.2, 0.25) is 0 Å². The summed E-state index contributed by atoms with van der Waals surface area (Å²) in [6, 6.07) is 0. The van der Waals surface area contributed by atoms with Crippen LogP contribution in [0.2, 0.25) is 0 Å². The maximum absolute atomic E-state index is 12.2. The maximum atomic E-state index is 12.2. The lowest BCUT2D eigenvalue weighted by Crippen LogP contribution is -2.13. The molecule has 1 N–H and O–H groups in total. The Kier molecular flexibility index (Phi) is 2.81.